The average Bonchev–Trinajstić information content (AvgIpc) is 2.92. The first-order valence-corrected chi connectivity index (χ1v) is 10.3. The Morgan fingerprint density at radius 2 is 2.04 bits per heavy atom. The first kappa shape index (κ1) is 18.4. The van der Waals surface area contributed by atoms with Gasteiger partial charge in [0.1, 0.15) is 5.00 Å². The Morgan fingerprint density at radius 3 is 2.76 bits per heavy atom. The van der Waals surface area contributed by atoms with E-state index in [-0.39, 0.29) is 11.9 Å². The molecule has 1 atom stereocenters. The molecule has 0 radical (unpaired) electrons. The number of carbonyl (C=O) groups excluding carboxylic acids is 2. The van der Waals surface area contributed by atoms with Crippen molar-refractivity contribution >= 4 is 28.2 Å². The Labute approximate surface area is 153 Å². The van der Waals surface area contributed by atoms with Gasteiger partial charge in [0.15, 0.2) is 6.54 Å². The third kappa shape index (κ3) is 4.42. The maximum absolute atomic E-state index is 12.5. The fourth-order valence-corrected chi connectivity index (χ4v) is 5.30. The lowest BCUT2D eigenvalue weighted by molar-refractivity contribution is -0.896. The SMILES string of the molecule is CCOC(=O)c1c(NC(=O)C[NH+]2CCCCC2)sc2c1CCC(C)C2. The fourth-order valence-electron chi connectivity index (χ4n) is 3.88. The highest BCUT2D eigenvalue weighted by Gasteiger charge is 2.29. The molecule has 25 heavy (non-hydrogen) atoms. The topological polar surface area (TPSA) is 59.8 Å². The molecule has 0 saturated carbocycles. The second-order valence-corrected chi connectivity index (χ2v) is 8.42. The van der Waals surface area contributed by atoms with Gasteiger partial charge in [0.2, 0.25) is 0 Å². The molecule has 1 saturated heterocycles. The van der Waals surface area contributed by atoms with Crippen LogP contribution in [0.3, 0.4) is 0 Å². The summed E-state index contributed by atoms with van der Waals surface area (Å²) < 4.78 is 5.26. The van der Waals surface area contributed by atoms with Crippen LogP contribution in [0.1, 0.15) is 60.3 Å². The lowest BCUT2D eigenvalue weighted by atomic mass is 9.88. The molecule has 1 aliphatic carbocycles. The zero-order valence-electron chi connectivity index (χ0n) is 15.3. The van der Waals surface area contributed by atoms with E-state index in [9.17, 15) is 9.59 Å². The number of amides is 1. The van der Waals surface area contributed by atoms with Gasteiger partial charge in [0.25, 0.3) is 5.91 Å². The predicted octanol–water partition coefficient (Wildman–Crippen LogP) is 2.06. The van der Waals surface area contributed by atoms with Gasteiger partial charge < -0.3 is 15.0 Å². The minimum Gasteiger partial charge on any atom is -0.462 e. The van der Waals surface area contributed by atoms with E-state index in [1.165, 1.54) is 29.0 Å². The number of anilines is 1. The third-order valence-corrected chi connectivity index (χ3v) is 6.39. The van der Waals surface area contributed by atoms with E-state index in [0.29, 0.717) is 29.6 Å². The number of carbonyl (C=O) groups is 2. The Hall–Kier alpha value is -1.40. The van der Waals surface area contributed by atoms with Crippen molar-refractivity contribution in [1.29, 1.82) is 0 Å². The van der Waals surface area contributed by atoms with Crippen molar-refractivity contribution in [1.82, 2.24) is 0 Å². The number of thiophene rings is 1. The van der Waals surface area contributed by atoms with Crippen molar-refractivity contribution in [3.63, 3.8) is 0 Å². The summed E-state index contributed by atoms with van der Waals surface area (Å²) in [5.41, 5.74) is 1.71. The molecular formula is C19H29N2O3S+. The van der Waals surface area contributed by atoms with E-state index >= 15 is 0 Å². The molecule has 6 heteroatoms. The zero-order chi connectivity index (χ0) is 17.8. The molecule has 1 aromatic heterocycles. The number of nitrogens with one attached hydrogen (secondary N) is 2. The molecule has 0 bridgehead atoms. The molecule has 138 valence electrons. The number of esters is 1. The maximum atomic E-state index is 12.5. The first-order chi connectivity index (χ1) is 12.1. The molecule has 3 rings (SSSR count). The summed E-state index contributed by atoms with van der Waals surface area (Å²) in [6, 6.07) is 0. The van der Waals surface area contributed by atoms with E-state index < -0.39 is 0 Å². The maximum Gasteiger partial charge on any atom is 0.341 e. The molecule has 0 aromatic carbocycles. The Morgan fingerprint density at radius 1 is 1.28 bits per heavy atom. The van der Waals surface area contributed by atoms with Crippen molar-refractivity contribution < 1.29 is 19.2 Å². The van der Waals surface area contributed by atoms with Gasteiger partial charge in [-0.1, -0.05) is 6.92 Å². The van der Waals surface area contributed by atoms with Gasteiger partial charge in [0, 0.05) is 4.88 Å². The van der Waals surface area contributed by atoms with Crippen molar-refractivity contribution in [3.8, 4) is 0 Å². The van der Waals surface area contributed by atoms with Gasteiger partial charge in [-0.15, -0.1) is 11.3 Å². The highest BCUT2D eigenvalue weighted by molar-refractivity contribution is 7.17. The Bertz CT molecular complexity index is 635. The minimum atomic E-state index is -0.296. The second kappa shape index (κ2) is 8.32. The van der Waals surface area contributed by atoms with Gasteiger partial charge in [-0.25, -0.2) is 4.79 Å². The van der Waals surface area contributed by atoms with Crippen molar-refractivity contribution in [2.24, 2.45) is 5.92 Å². The van der Waals surface area contributed by atoms with Gasteiger partial charge in [0.05, 0.1) is 25.3 Å². The van der Waals surface area contributed by atoms with Crippen LogP contribution in [-0.2, 0) is 22.4 Å². The van der Waals surface area contributed by atoms with Crippen LogP contribution in [0.4, 0.5) is 5.00 Å². The fraction of sp³-hybridized carbons (Fsp3) is 0.684. The molecule has 2 N–H and O–H groups in total. The number of ether oxygens (including phenoxy) is 1. The summed E-state index contributed by atoms with van der Waals surface area (Å²) in [6.45, 7) is 7.03. The largest absolute Gasteiger partial charge is 0.462 e. The van der Waals surface area contributed by atoms with Gasteiger partial charge in [-0.3, -0.25) is 4.79 Å². The molecule has 1 aromatic rings. The van der Waals surface area contributed by atoms with Crippen LogP contribution < -0.4 is 10.2 Å². The van der Waals surface area contributed by atoms with Crippen LogP contribution in [-0.4, -0.2) is 38.1 Å². The van der Waals surface area contributed by atoms with Crippen molar-refractivity contribution in [2.45, 2.75) is 52.4 Å². The van der Waals surface area contributed by atoms with Crippen LogP contribution in [0.5, 0.6) is 0 Å². The number of quaternary nitrogens is 1. The normalized spacial score (nSPS) is 20.8. The van der Waals surface area contributed by atoms with Crippen LogP contribution in [0, 0.1) is 5.92 Å². The monoisotopic (exact) mass is 365 g/mol. The van der Waals surface area contributed by atoms with E-state index in [2.05, 4.69) is 12.2 Å². The predicted molar refractivity (Wildman–Crippen MR) is 99.5 cm³/mol. The molecule has 1 aliphatic heterocycles. The molecule has 1 amide bonds. The number of likely N-dealkylation sites (tertiary alicyclic amines) is 1. The van der Waals surface area contributed by atoms with Crippen molar-refractivity contribution in [2.75, 3.05) is 31.6 Å². The number of piperidine rings is 1. The summed E-state index contributed by atoms with van der Waals surface area (Å²) in [7, 11) is 0. The second-order valence-electron chi connectivity index (χ2n) is 7.31. The quantitative estimate of drug-likeness (QED) is 0.785. The molecule has 2 heterocycles. The Balaban J connectivity index is 1.77. The number of hydrogen-bond acceptors (Lipinski definition) is 4. The Kier molecular flexibility index (Phi) is 6.12. The molecule has 2 aliphatic rings. The third-order valence-electron chi connectivity index (χ3n) is 5.22. The average molecular weight is 366 g/mol. The summed E-state index contributed by atoms with van der Waals surface area (Å²) >= 11 is 1.57. The molecule has 1 fully saturated rings. The molecule has 0 spiro atoms. The highest BCUT2D eigenvalue weighted by atomic mass is 32.1. The standard InChI is InChI=1S/C19H28N2O3S/c1-3-24-19(23)17-14-8-7-13(2)11-15(14)25-18(17)20-16(22)12-21-9-5-4-6-10-21/h13H,3-12H2,1-2H3,(H,20,22)/p+1. The van der Waals surface area contributed by atoms with Gasteiger partial charge in [-0.2, -0.15) is 0 Å². The lowest BCUT2D eigenvalue weighted by Crippen LogP contribution is -3.13. The van der Waals surface area contributed by atoms with Gasteiger partial charge >= 0.3 is 5.97 Å². The highest BCUT2D eigenvalue weighted by Crippen LogP contribution is 2.40. The first-order valence-electron chi connectivity index (χ1n) is 9.53. The van der Waals surface area contributed by atoms with Crippen LogP contribution in [0.15, 0.2) is 0 Å². The smallest absolute Gasteiger partial charge is 0.341 e. The summed E-state index contributed by atoms with van der Waals surface area (Å²) in [5, 5.41) is 3.72. The van der Waals surface area contributed by atoms with Crippen LogP contribution >= 0.6 is 11.3 Å². The summed E-state index contributed by atoms with van der Waals surface area (Å²) in [6.07, 6.45) is 6.63. The molecule has 1 unspecified atom stereocenters. The van der Waals surface area contributed by atoms with Crippen LogP contribution in [0.2, 0.25) is 0 Å². The van der Waals surface area contributed by atoms with Crippen molar-refractivity contribution in [3.05, 3.63) is 16.0 Å². The van der Waals surface area contributed by atoms with Gasteiger partial charge in [-0.05, 0) is 56.9 Å². The number of fused-ring (bicyclic) bond motifs is 1. The number of hydrogen-bond donors (Lipinski definition) is 2. The minimum absolute atomic E-state index is 0.00842. The van der Waals surface area contributed by atoms with E-state index in [0.717, 1.165) is 37.9 Å². The summed E-state index contributed by atoms with van der Waals surface area (Å²) in [5.74, 6) is 0.340. The van der Waals surface area contributed by atoms with E-state index in [1.54, 1.807) is 11.3 Å². The summed E-state index contributed by atoms with van der Waals surface area (Å²) in [4.78, 5) is 27.6. The van der Waals surface area contributed by atoms with E-state index in [4.69, 9.17) is 4.74 Å². The number of rotatable bonds is 5. The lowest BCUT2D eigenvalue weighted by Gasteiger charge is -2.22. The zero-order valence-corrected chi connectivity index (χ0v) is 16.1. The van der Waals surface area contributed by atoms with Crippen LogP contribution in [0.25, 0.3) is 0 Å². The molecular weight excluding hydrogens is 336 g/mol. The van der Waals surface area contributed by atoms with E-state index in [1.807, 2.05) is 6.92 Å². The molecule has 5 nitrogen and oxygen atoms in total.